The average Bonchev–Trinajstić information content (AvgIpc) is 2.67. The summed E-state index contributed by atoms with van der Waals surface area (Å²) < 4.78 is 0. The van der Waals surface area contributed by atoms with E-state index in [0.29, 0.717) is 27.8 Å². The second kappa shape index (κ2) is 5.59. The van der Waals surface area contributed by atoms with Gasteiger partial charge in [-0.05, 0) is 35.5 Å². The number of nitriles is 1. The molecule has 1 saturated heterocycles. The number of hydrogen-bond acceptors (Lipinski definition) is 5. The Morgan fingerprint density at radius 3 is 2.55 bits per heavy atom. The maximum Gasteiger partial charge on any atom is 0.323 e. The van der Waals surface area contributed by atoms with Crippen LogP contribution in [-0.2, 0) is 9.59 Å². The Balaban J connectivity index is 2.23. The summed E-state index contributed by atoms with van der Waals surface area (Å²) in [6.45, 7) is -0.643. The van der Waals surface area contributed by atoms with Crippen LogP contribution in [0.1, 0.15) is 11.1 Å². The highest BCUT2D eigenvalue weighted by molar-refractivity contribution is 8.18. The Hall–Kier alpha value is -2.59. The van der Waals surface area contributed by atoms with Crippen molar-refractivity contribution in [2.45, 2.75) is 0 Å². The fourth-order valence-electron chi connectivity index (χ4n) is 1.58. The van der Waals surface area contributed by atoms with Crippen LogP contribution in [0.5, 0.6) is 0 Å². The normalized spacial score (nSPS) is 16.6. The topological polar surface area (TPSA) is 98.5 Å². The molecule has 0 aromatic heterocycles. The average molecular weight is 288 g/mol. The van der Waals surface area contributed by atoms with Gasteiger partial charge in [-0.3, -0.25) is 19.3 Å². The summed E-state index contributed by atoms with van der Waals surface area (Å²) in [4.78, 5) is 34.8. The van der Waals surface area contributed by atoms with Crippen LogP contribution in [0, 0.1) is 11.3 Å². The summed E-state index contributed by atoms with van der Waals surface area (Å²) in [7, 11) is 0. The lowest BCUT2D eigenvalue weighted by Gasteiger charge is -2.07. The molecule has 1 N–H and O–H groups in total. The summed E-state index contributed by atoms with van der Waals surface area (Å²) in [6, 6.07) is 8.44. The predicted molar refractivity (Wildman–Crippen MR) is 71.5 cm³/mol. The zero-order valence-electron chi connectivity index (χ0n) is 10.1. The van der Waals surface area contributed by atoms with Crippen LogP contribution >= 0.6 is 11.8 Å². The van der Waals surface area contributed by atoms with Gasteiger partial charge in [0.25, 0.3) is 11.1 Å². The van der Waals surface area contributed by atoms with Crippen LogP contribution in [0.15, 0.2) is 29.2 Å². The molecule has 1 fully saturated rings. The number of nitrogens with zero attached hydrogens (tertiary/aromatic N) is 2. The van der Waals surface area contributed by atoms with E-state index in [-0.39, 0.29) is 4.91 Å². The fraction of sp³-hybridized carbons (Fsp3) is 0.0769. The number of carbonyl (C=O) groups excluding carboxylic acids is 2. The number of thioether (sulfide) groups is 1. The number of benzene rings is 1. The van der Waals surface area contributed by atoms with Crippen molar-refractivity contribution in [3.63, 3.8) is 0 Å². The summed E-state index contributed by atoms with van der Waals surface area (Å²) in [5, 5.41) is 16.7. The molecule has 0 saturated carbocycles. The minimum Gasteiger partial charge on any atom is -0.480 e. The van der Waals surface area contributed by atoms with E-state index in [1.54, 1.807) is 24.3 Å². The molecule has 6 nitrogen and oxygen atoms in total. The van der Waals surface area contributed by atoms with Crippen molar-refractivity contribution in [3.05, 3.63) is 40.3 Å². The number of rotatable bonds is 3. The molecule has 0 radical (unpaired) electrons. The molecule has 0 bridgehead atoms. The third-order valence-corrected chi connectivity index (χ3v) is 3.41. The van der Waals surface area contributed by atoms with Gasteiger partial charge < -0.3 is 5.11 Å². The molecule has 100 valence electrons. The Morgan fingerprint density at radius 2 is 2.00 bits per heavy atom. The highest BCUT2D eigenvalue weighted by atomic mass is 32.2. The Bertz CT molecular complexity index is 658. The van der Waals surface area contributed by atoms with Gasteiger partial charge in [0.05, 0.1) is 16.5 Å². The number of amides is 2. The standard InChI is InChI=1S/C13H8N2O4S/c14-6-9-3-1-8(2-4-9)5-10-12(18)15(7-11(16)17)13(19)20-10/h1-5H,7H2,(H,16,17). The molecule has 0 atom stereocenters. The van der Waals surface area contributed by atoms with Crippen molar-refractivity contribution in [1.29, 1.82) is 5.26 Å². The Morgan fingerprint density at radius 1 is 1.35 bits per heavy atom. The second-order valence-electron chi connectivity index (χ2n) is 3.90. The van der Waals surface area contributed by atoms with E-state index < -0.39 is 23.7 Å². The zero-order chi connectivity index (χ0) is 14.7. The van der Waals surface area contributed by atoms with Gasteiger partial charge in [0.1, 0.15) is 6.54 Å². The van der Waals surface area contributed by atoms with Crippen molar-refractivity contribution in [2.24, 2.45) is 0 Å². The Labute approximate surface area is 118 Å². The predicted octanol–water partition coefficient (Wildman–Crippen LogP) is 1.68. The molecule has 2 amide bonds. The van der Waals surface area contributed by atoms with Gasteiger partial charge in [0, 0.05) is 0 Å². The van der Waals surface area contributed by atoms with Gasteiger partial charge in [-0.25, -0.2) is 0 Å². The van der Waals surface area contributed by atoms with E-state index in [1.807, 2.05) is 6.07 Å². The van der Waals surface area contributed by atoms with Crippen LogP contribution < -0.4 is 0 Å². The molecule has 0 spiro atoms. The van der Waals surface area contributed by atoms with Crippen molar-refractivity contribution >= 4 is 35.0 Å². The van der Waals surface area contributed by atoms with Gasteiger partial charge in [-0.15, -0.1) is 0 Å². The first kappa shape index (κ1) is 13.8. The van der Waals surface area contributed by atoms with E-state index in [2.05, 4.69) is 0 Å². The maximum absolute atomic E-state index is 11.9. The van der Waals surface area contributed by atoms with Crippen LogP contribution in [0.4, 0.5) is 4.79 Å². The van der Waals surface area contributed by atoms with Crippen LogP contribution in [-0.4, -0.2) is 33.7 Å². The van der Waals surface area contributed by atoms with Gasteiger partial charge in [0.15, 0.2) is 0 Å². The molecule has 2 rings (SSSR count). The number of hydrogen-bond donors (Lipinski definition) is 1. The lowest BCUT2D eigenvalue weighted by molar-refractivity contribution is -0.140. The second-order valence-corrected chi connectivity index (χ2v) is 4.89. The first-order chi connectivity index (χ1) is 9.51. The molecule has 0 aliphatic carbocycles. The largest absolute Gasteiger partial charge is 0.480 e. The zero-order valence-corrected chi connectivity index (χ0v) is 10.9. The van der Waals surface area contributed by atoms with E-state index in [9.17, 15) is 14.4 Å². The van der Waals surface area contributed by atoms with Gasteiger partial charge in [-0.2, -0.15) is 5.26 Å². The van der Waals surface area contributed by atoms with Crippen molar-refractivity contribution in [2.75, 3.05) is 6.54 Å². The first-order valence-electron chi connectivity index (χ1n) is 5.48. The highest BCUT2D eigenvalue weighted by Gasteiger charge is 2.36. The van der Waals surface area contributed by atoms with Gasteiger partial charge in [0.2, 0.25) is 0 Å². The number of carbonyl (C=O) groups is 3. The number of aliphatic carboxylic acids is 1. The SMILES string of the molecule is N#Cc1ccc(C=C2SC(=O)N(CC(=O)O)C2=O)cc1. The maximum atomic E-state index is 11.9. The first-order valence-corrected chi connectivity index (χ1v) is 6.30. The van der Waals surface area contributed by atoms with Gasteiger partial charge in [-0.1, -0.05) is 12.1 Å². The third kappa shape index (κ3) is 2.87. The summed E-state index contributed by atoms with van der Waals surface area (Å²) in [5.74, 6) is -1.86. The van der Waals surface area contributed by atoms with E-state index >= 15 is 0 Å². The molecular weight excluding hydrogens is 280 g/mol. The number of imide groups is 1. The summed E-state index contributed by atoms with van der Waals surface area (Å²) in [6.07, 6.45) is 1.49. The molecule has 1 aromatic rings. The van der Waals surface area contributed by atoms with Crippen LogP contribution in [0.2, 0.25) is 0 Å². The van der Waals surface area contributed by atoms with E-state index in [0.717, 1.165) is 0 Å². The van der Waals surface area contributed by atoms with Crippen molar-refractivity contribution in [1.82, 2.24) is 4.90 Å². The third-order valence-electron chi connectivity index (χ3n) is 2.50. The highest BCUT2D eigenvalue weighted by Crippen LogP contribution is 2.31. The monoisotopic (exact) mass is 288 g/mol. The summed E-state index contributed by atoms with van der Waals surface area (Å²) >= 11 is 0.699. The quantitative estimate of drug-likeness (QED) is 0.850. The molecule has 1 aliphatic rings. The summed E-state index contributed by atoms with van der Waals surface area (Å²) in [5.41, 5.74) is 1.14. The van der Waals surface area contributed by atoms with Crippen LogP contribution in [0.3, 0.4) is 0 Å². The molecule has 0 unspecified atom stereocenters. The lowest BCUT2D eigenvalue weighted by atomic mass is 10.1. The van der Waals surface area contributed by atoms with Crippen LogP contribution in [0.25, 0.3) is 6.08 Å². The molecule has 7 heteroatoms. The molecule has 1 heterocycles. The molecule has 20 heavy (non-hydrogen) atoms. The number of carboxylic acid groups (broad SMARTS) is 1. The fourth-order valence-corrected chi connectivity index (χ4v) is 2.42. The molecular formula is C13H8N2O4S. The molecule has 1 aromatic carbocycles. The Kier molecular flexibility index (Phi) is 3.86. The van der Waals surface area contributed by atoms with E-state index in [1.165, 1.54) is 6.08 Å². The van der Waals surface area contributed by atoms with Crippen molar-refractivity contribution in [3.8, 4) is 6.07 Å². The lowest BCUT2D eigenvalue weighted by Crippen LogP contribution is -2.33. The smallest absolute Gasteiger partial charge is 0.323 e. The van der Waals surface area contributed by atoms with E-state index in [4.69, 9.17) is 10.4 Å². The van der Waals surface area contributed by atoms with Gasteiger partial charge >= 0.3 is 5.97 Å². The minimum atomic E-state index is -1.24. The number of carboxylic acids is 1. The minimum absolute atomic E-state index is 0.168. The molecule has 1 aliphatic heterocycles. The van der Waals surface area contributed by atoms with Crippen molar-refractivity contribution < 1.29 is 19.5 Å².